The highest BCUT2D eigenvalue weighted by Crippen LogP contribution is 2.11. The topological polar surface area (TPSA) is 85.1 Å². The van der Waals surface area contributed by atoms with Crippen LogP contribution in [0.5, 0.6) is 0 Å². The molecule has 1 aromatic heterocycles. The Hall–Kier alpha value is -0.980. The lowest BCUT2D eigenvalue weighted by molar-refractivity contribution is 0.566. The molecule has 0 aliphatic carbocycles. The van der Waals surface area contributed by atoms with Crippen LogP contribution in [-0.2, 0) is 10.0 Å². The lowest BCUT2D eigenvalue weighted by Gasteiger charge is -2.13. The zero-order chi connectivity index (χ0) is 11.3. The third-order valence-electron chi connectivity index (χ3n) is 1.95. The Morgan fingerprint density at radius 2 is 2.07 bits per heavy atom. The molecule has 15 heavy (non-hydrogen) atoms. The van der Waals surface area contributed by atoms with Gasteiger partial charge in [-0.2, -0.15) is 0 Å². The molecule has 0 aromatic carbocycles. The van der Waals surface area contributed by atoms with Crippen molar-refractivity contribution in [3.05, 3.63) is 30.1 Å². The zero-order valence-electron chi connectivity index (χ0n) is 8.55. The molecule has 0 aliphatic rings. The second-order valence-electron chi connectivity index (χ2n) is 3.23. The van der Waals surface area contributed by atoms with Crippen LogP contribution < -0.4 is 10.5 Å². The van der Waals surface area contributed by atoms with Crippen LogP contribution in [0, 0.1) is 0 Å². The van der Waals surface area contributed by atoms with Crippen molar-refractivity contribution in [3.8, 4) is 0 Å². The van der Waals surface area contributed by atoms with Crippen LogP contribution in [0.15, 0.2) is 24.5 Å². The second kappa shape index (κ2) is 5.20. The number of nitrogens with zero attached hydrogens (tertiary/aromatic N) is 1. The van der Waals surface area contributed by atoms with Crippen LogP contribution in [0.25, 0.3) is 0 Å². The maximum Gasteiger partial charge on any atom is 0.213 e. The summed E-state index contributed by atoms with van der Waals surface area (Å²) in [6, 6.07) is 3.29. The first-order valence-corrected chi connectivity index (χ1v) is 6.30. The fourth-order valence-electron chi connectivity index (χ4n) is 1.20. The van der Waals surface area contributed by atoms with E-state index in [-0.39, 0.29) is 18.3 Å². The highest BCUT2D eigenvalue weighted by Gasteiger charge is 2.14. The molecule has 1 unspecified atom stereocenters. The molecule has 3 N–H and O–H groups in total. The summed E-state index contributed by atoms with van der Waals surface area (Å²) in [4.78, 5) is 3.86. The monoisotopic (exact) mass is 229 g/mol. The minimum absolute atomic E-state index is 0.0532. The van der Waals surface area contributed by atoms with Crippen molar-refractivity contribution in [1.82, 2.24) is 9.71 Å². The molecule has 0 radical (unpaired) electrons. The normalized spacial score (nSPS) is 13.7. The van der Waals surface area contributed by atoms with Gasteiger partial charge in [-0.15, -0.1) is 0 Å². The number of pyridine rings is 1. The number of hydrogen-bond donors (Lipinski definition) is 2. The van der Waals surface area contributed by atoms with Gasteiger partial charge < -0.3 is 5.73 Å². The van der Waals surface area contributed by atoms with Crippen molar-refractivity contribution in [2.45, 2.75) is 13.0 Å². The van der Waals surface area contributed by atoms with Gasteiger partial charge in [-0.05, 0) is 24.6 Å². The van der Waals surface area contributed by atoms with Gasteiger partial charge in [-0.25, -0.2) is 13.1 Å². The number of nitrogens with two attached hydrogens (primary N) is 1. The molecule has 5 nitrogen and oxygen atoms in total. The number of nitrogens with one attached hydrogen (secondary N) is 1. The first-order valence-electron chi connectivity index (χ1n) is 4.65. The lowest BCUT2D eigenvalue weighted by atomic mass is 10.1. The van der Waals surface area contributed by atoms with Gasteiger partial charge in [0.15, 0.2) is 0 Å². The molecule has 0 bridgehead atoms. The van der Waals surface area contributed by atoms with Crippen LogP contribution >= 0.6 is 0 Å². The van der Waals surface area contributed by atoms with Gasteiger partial charge in [0, 0.05) is 25.0 Å². The van der Waals surface area contributed by atoms with Crippen molar-refractivity contribution in [1.29, 1.82) is 0 Å². The van der Waals surface area contributed by atoms with E-state index in [1.165, 1.54) is 0 Å². The third-order valence-corrected chi connectivity index (χ3v) is 3.43. The summed E-state index contributed by atoms with van der Waals surface area (Å²) in [5.41, 5.74) is 6.08. The van der Waals surface area contributed by atoms with E-state index in [0.717, 1.165) is 5.56 Å². The molecule has 84 valence electrons. The van der Waals surface area contributed by atoms with Crippen molar-refractivity contribution in [2.75, 3.05) is 12.3 Å². The maximum atomic E-state index is 11.4. The predicted octanol–water partition coefficient (Wildman–Crippen LogP) is 0.0207. The van der Waals surface area contributed by atoms with Crippen LogP contribution in [-0.4, -0.2) is 25.7 Å². The highest BCUT2D eigenvalue weighted by atomic mass is 32.2. The van der Waals surface area contributed by atoms with Crippen LogP contribution in [0.3, 0.4) is 0 Å². The molecule has 0 saturated carbocycles. The van der Waals surface area contributed by atoms with Crippen molar-refractivity contribution in [2.24, 2.45) is 5.73 Å². The lowest BCUT2D eigenvalue weighted by Crippen LogP contribution is -2.31. The molecule has 0 saturated heterocycles. The molecule has 0 aliphatic heterocycles. The van der Waals surface area contributed by atoms with E-state index in [1.807, 2.05) is 0 Å². The first-order chi connectivity index (χ1) is 7.05. The molecule has 1 rings (SSSR count). The van der Waals surface area contributed by atoms with Gasteiger partial charge in [0.25, 0.3) is 0 Å². The Labute approximate surface area is 89.8 Å². The molecular formula is C9H15N3O2S. The number of hydrogen-bond acceptors (Lipinski definition) is 4. The second-order valence-corrected chi connectivity index (χ2v) is 5.10. The standard InChI is InChI=1S/C9H15N3O2S/c1-8(9-2-5-11-6-3-9)12-15(13,14)7-4-10/h2-3,5-6,8,12H,4,7,10H2,1H3. The minimum Gasteiger partial charge on any atom is -0.329 e. The summed E-state index contributed by atoms with van der Waals surface area (Å²) >= 11 is 0. The van der Waals surface area contributed by atoms with E-state index >= 15 is 0 Å². The van der Waals surface area contributed by atoms with E-state index in [9.17, 15) is 8.42 Å². The summed E-state index contributed by atoms with van der Waals surface area (Å²) in [6.45, 7) is 1.90. The Morgan fingerprint density at radius 3 is 2.60 bits per heavy atom. The molecule has 1 atom stereocenters. The smallest absolute Gasteiger partial charge is 0.213 e. The fraction of sp³-hybridized carbons (Fsp3) is 0.444. The average Bonchev–Trinajstić information content (AvgIpc) is 2.18. The molecular weight excluding hydrogens is 214 g/mol. The molecule has 0 spiro atoms. The van der Waals surface area contributed by atoms with Crippen molar-refractivity contribution >= 4 is 10.0 Å². The first kappa shape index (κ1) is 12.1. The molecule has 1 aromatic rings. The van der Waals surface area contributed by atoms with Gasteiger partial charge in [-0.3, -0.25) is 4.98 Å². The molecule has 1 heterocycles. The van der Waals surface area contributed by atoms with Crippen molar-refractivity contribution < 1.29 is 8.42 Å². The molecule has 6 heteroatoms. The SMILES string of the molecule is CC(NS(=O)(=O)CCN)c1ccncc1. The molecule has 0 amide bonds. The summed E-state index contributed by atoms with van der Waals surface area (Å²) < 4.78 is 25.4. The summed E-state index contributed by atoms with van der Waals surface area (Å²) in [5, 5.41) is 0. The minimum atomic E-state index is -3.27. The number of rotatable bonds is 5. The molecule has 0 fully saturated rings. The summed E-state index contributed by atoms with van der Waals surface area (Å²) in [6.07, 6.45) is 3.26. The number of sulfonamides is 1. The highest BCUT2D eigenvalue weighted by molar-refractivity contribution is 7.89. The van der Waals surface area contributed by atoms with E-state index in [1.54, 1.807) is 31.5 Å². The van der Waals surface area contributed by atoms with Crippen LogP contribution in [0.1, 0.15) is 18.5 Å². The predicted molar refractivity (Wildman–Crippen MR) is 58.6 cm³/mol. The maximum absolute atomic E-state index is 11.4. The Morgan fingerprint density at radius 1 is 1.47 bits per heavy atom. The van der Waals surface area contributed by atoms with Crippen LogP contribution in [0.4, 0.5) is 0 Å². The third kappa shape index (κ3) is 3.94. The van der Waals surface area contributed by atoms with E-state index < -0.39 is 10.0 Å². The van der Waals surface area contributed by atoms with Crippen molar-refractivity contribution in [3.63, 3.8) is 0 Å². The van der Waals surface area contributed by atoms with Gasteiger partial charge in [0.1, 0.15) is 0 Å². The quantitative estimate of drug-likeness (QED) is 0.745. The van der Waals surface area contributed by atoms with Gasteiger partial charge in [-0.1, -0.05) is 0 Å². The number of aromatic nitrogens is 1. The zero-order valence-corrected chi connectivity index (χ0v) is 9.37. The van der Waals surface area contributed by atoms with Gasteiger partial charge in [0.05, 0.1) is 5.75 Å². The van der Waals surface area contributed by atoms with Gasteiger partial charge in [0.2, 0.25) is 10.0 Å². The fourth-order valence-corrected chi connectivity index (χ4v) is 2.31. The van der Waals surface area contributed by atoms with E-state index in [2.05, 4.69) is 9.71 Å². The Balaban J connectivity index is 2.68. The average molecular weight is 229 g/mol. The van der Waals surface area contributed by atoms with Gasteiger partial charge >= 0.3 is 0 Å². The summed E-state index contributed by atoms with van der Waals surface area (Å²) in [7, 11) is -3.27. The largest absolute Gasteiger partial charge is 0.329 e. The van der Waals surface area contributed by atoms with E-state index in [4.69, 9.17) is 5.73 Å². The Bertz CT molecular complexity index is 391. The van der Waals surface area contributed by atoms with Crippen LogP contribution in [0.2, 0.25) is 0 Å². The Kier molecular flexibility index (Phi) is 4.19. The van der Waals surface area contributed by atoms with E-state index in [0.29, 0.717) is 0 Å². The summed E-state index contributed by atoms with van der Waals surface area (Å²) in [5.74, 6) is -0.0532.